The third-order valence-corrected chi connectivity index (χ3v) is 5.61. The van der Waals surface area contributed by atoms with E-state index in [0.717, 1.165) is 9.75 Å². The Morgan fingerprint density at radius 2 is 1.93 bits per heavy atom. The average molecular weight is 398 g/mol. The topological polar surface area (TPSA) is 83.1 Å². The van der Waals surface area contributed by atoms with Crippen LogP contribution in [0.1, 0.15) is 45.7 Å². The first kappa shape index (κ1) is 19.9. The molecule has 2 aromatic heterocycles. The number of hydrogen-bond donors (Lipinski definition) is 1. The van der Waals surface area contributed by atoms with Crippen LogP contribution < -0.4 is 5.56 Å². The van der Waals surface area contributed by atoms with Gasteiger partial charge in [0.25, 0.3) is 5.56 Å². The molecule has 2 heterocycles. The third-order valence-electron chi connectivity index (χ3n) is 4.64. The SMILES string of the molecule is CCN(Cc1nc2ccccc2c(=O)[nH]1)C(=O)CCC(=O)c1cc(C)sc1C. The summed E-state index contributed by atoms with van der Waals surface area (Å²) < 4.78 is 0. The first-order valence-corrected chi connectivity index (χ1v) is 10.1. The van der Waals surface area contributed by atoms with Gasteiger partial charge in [-0.25, -0.2) is 4.98 Å². The van der Waals surface area contributed by atoms with Gasteiger partial charge in [0.15, 0.2) is 5.78 Å². The maximum atomic E-state index is 12.6. The predicted molar refractivity (Wildman–Crippen MR) is 111 cm³/mol. The number of nitrogens with zero attached hydrogens (tertiary/aromatic N) is 2. The van der Waals surface area contributed by atoms with Crippen LogP contribution in [0.2, 0.25) is 0 Å². The molecule has 1 aromatic carbocycles. The van der Waals surface area contributed by atoms with E-state index in [1.165, 1.54) is 0 Å². The Morgan fingerprint density at radius 1 is 1.18 bits per heavy atom. The van der Waals surface area contributed by atoms with Crippen molar-refractivity contribution < 1.29 is 9.59 Å². The fourth-order valence-electron chi connectivity index (χ4n) is 3.19. The molecule has 0 aliphatic carbocycles. The Morgan fingerprint density at radius 3 is 2.61 bits per heavy atom. The molecule has 0 aliphatic rings. The summed E-state index contributed by atoms with van der Waals surface area (Å²) in [7, 11) is 0. The second-order valence-corrected chi connectivity index (χ2v) is 8.15. The number of carbonyl (C=O) groups is 2. The van der Waals surface area contributed by atoms with Gasteiger partial charge in [0.1, 0.15) is 5.82 Å². The molecular formula is C21H23N3O3S. The molecule has 3 aromatic rings. The highest BCUT2D eigenvalue weighted by Gasteiger charge is 2.18. The van der Waals surface area contributed by atoms with Gasteiger partial charge in [-0.15, -0.1) is 11.3 Å². The van der Waals surface area contributed by atoms with Gasteiger partial charge in [-0.3, -0.25) is 14.4 Å². The number of rotatable bonds is 7. The van der Waals surface area contributed by atoms with E-state index in [9.17, 15) is 14.4 Å². The normalized spacial score (nSPS) is 11.0. The number of hydrogen-bond acceptors (Lipinski definition) is 5. The molecule has 0 saturated carbocycles. The molecule has 1 amide bonds. The Labute approximate surface area is 167 Å². The van der Waals surface area contributed by atoms with Crippen LogP contribution in [0, 0.1) is 13.8 Å². The standard InChI is InChI=1S/C21H23N3O3S/c1-4-24(12-19-22-17-8-6-5-7-15(17)21(27)23-19)20(26)10-9-18(25)16-11-13(2)28-14(16)3/h5-8,11H,4,9-10,12H2,1-3H3,(H,22,23,27). The summed E-state index contributed by atoms with van der Waals surface area (Å²) in [5.41, 5.74) is 1.09. The monoisotopic (exact) mass is 397 g/mol. The molecule has 1 N–H and O–H groups in total. The Bertz CT molecular complexity index is 1080. The van der Waals surface area contributed by atoms with E-state index in [4.69, 9.17) is 0 Å². The summed E-state index contributed by atoms with van der Waals surface area (Å²) in [6, 6.07) is 8.98. The summed E-state index contributed by atoms with van der Waals surface area (Å²) in [5, 5.41) is 0.521. The van der Waals surface area contributed by atoms with Gasteiger partial charge in [-0.05, 0) is 39.0 Å². The molecule has 28 heavy (non-hydrogen) atoms. The molecule has 6 nitrogen and oxygen atoms in total. The van der Waals surface area contributed by atoms with E-state index in [-0.39, 0.29) is 36.6 Å². The number of nitrogens with one attached hydrogen (secondary N) is 1. The second kappa shape index (κ2) is 8.48. The van der Waals surface area contributed by atoms with Gasteiger partial charge in [0, 0.05) is 34.7 Å². The van der Waals surface area contributed by atoms with Crippen LogP contribution in [-0.2, 0) is 11.3 Å². The smallest absolute Gasteiger partial charge is 0.258 e. The minimum atomic E-state index is -0.220. The van der Waals surface area contributed by atoms with Crippen molar-refractivity contribution in [3.05, 3.63) is 61.8 Å². The van der Waals surface area contributed by atoms with Crippen molar-refractivity contribution in [2.24, 2.45) is 0 Å². The molecule has 0 aliphatic heterocycles. The molecule has 0 fully saturated rings. The van der Waals surface area contributed by atoms with Gasteiger partial charge in [-0.1, -0.05) is 12.1 Å². The van der Waals surface area contributed by atoms with Crippen molar-refractivity contribution in [1.29, 1.82) is 0 Å². The molecule has 7 heteroatoms. The molecule has 3 rings (SSSR count). The van der Waals surface area contributed by atoms with Crippen LogP contribution in [0.3, 0.4) is 0 Å². The zero-order chi connectivity index (χ0) is 20.3. The minimum absolute atomic E-state index is 0.0107. The van der Waals surface area contributed by atoms with Crippen molar-refractivity contribution in [3.8, 4) is 0 Å². The van der Waals surface area contributed by atoms with Crippen molar-refractivity contribution in [1.82, 2.24) is 14.9 Å². The number of amides is 1. The van der Waals surface area contributed by atoms with Crippen molar-refractivity contribution >= 4 is 33.9 Å². The van der Waals surface area contributed by atoms with Crippen LogP contribution in [0.25, 0.3) is 10.9 Å². The van der Waals surface area contributed by atoms with Gasteiger partial charge >= 0.3 is 0 Å². The number of aromatic nitrogens is 2. The highest BCUT2D eigenvalue weighted by Crippen LogP contribution is 2.22. The molecule has 0 atom stereocenters. The Balaban J connectivity index is 1.68. The summed E-state index contributed by atoms with van der Waals surface area (Å²) in [6.45, 7) is 6.44. The van der Waals surface area contributed by atoms with Gasteiger partial charge in [0.2, 0.25) is 5.91 Å². The molecule has 146 valence electrons. The first-order chi connectivity index (χ1) is 13.4. The van der Waals surface area contributed by atoms with Crippen LogP contribution in [-0.4, -0.2) is 33.1 Å². The minimum Gasteiger partial charge on any atom is -0.335 e. The highest BCUT2D eigenvalue weighted by atomic mass is 32.1. The van der Waals surface area contributed by atoms with Crippen molar-refractivity contribution in [2.45, 2.75) is 40.2 Å². The number of H-pyrrole nitrogens is 1. The zero-order valence-corrected chi connectivity index (χ0v) is 17.1. The summed E-state index contributed by atoms with van der Waals surface area (Å²) in [5.74, 6) is 0.300. The largest absolute Gasteiger partial charge is 0.335 e. The van der Waals surface area contributed by atoms with Crippen LogP contribution >= 0.6 is 11.3 Å². The van der Waals surface area contributed by atoms with Crippen LogP contribution in [0.15, 0.2) is 35.1 Å². The Kier molecular flexibility index (Phi) is 6.04. The number of benzene rings is 1. The van der Waals surface area contributed by atoms with Crippen LogP contribution in [0.5, 0.6) is 0 Å². The number of fused-ring (bicyclic) bond motifs is 1. The van der Waals surface area contributed by atoms with Gasteiger partial charge in [-0.2, -0.15) is 0 Å². The lowest BCUT2D eigenvalue weighted by molar-refractivity contribution is -0.131. The molecule has 0 bridgehead atoms. The maximum Gasteiger partial charge on any atom is 0.258 e. The number of aromatic amines is 1. The summed E-state index contributed by atoms with van der Waals surface area (Å²) in [6.07, 6.45) is 0.312. The quantitative estimate of drug-likeness (QED) is 0.617. The number of Topliss-reactive ketones (excluding diaryl/α,β-unsaturated/α-hetero) is 1. The predicted octanol–water partition coefficient (Wildman–Crippen LogP) is 3.61. The number of ketones is 1. The lowest BCUT2D eigenvalue weighted by Crippen LogP contribution is -2.32. The summed E-state index contributed by atoms with van der Waals surface area (Å²) in [4.78, 5) is 48.1. The molecule has 0 spiro atoms. The number of carbonyl (C=O) groups excluding carboxylic acids is 2. The molecule has 0 unspecified atom stereocenters. The fraction of sp³-hybridized carbons (Fsp3) is 0.333. The van der Waals surface area contributed by atoms with Gasteiger partial charge < -0.3 is 9.88 Å². The van der Waals surface area contributed by atoms with Gasteiger partial charge in [0.05, 0.1) is 17.4 Å². The Hall–Kier alpha value is -2.80. The average Bonchev–Trinajstić information content (AvgIpc) is 3.02. The lowest BCUT2D eigenvalue weighted by Gasteiger charge is -2.20. The summed E-state index contributed by atoms with van der Waals surface area (Å²) >= 11 is 1.59. The first-order valence-electron chi connectivity index (χ1n) is 9.25. The van der Waals surface area contributed by atoms with Crippen LogP contribution in [0.4, 0.5) is 0 Å². The highest BCUT2D eigenvalue weighted by molar-refractivity contribution is 7.12. The van der Waals surface area contributed by atoms with E-state index < -0.39 is 0 Å². The number of para-hydroxylation sites is 1. The van der Waals surface area contributed by atoms with E-state index in [0.29, 0.717) is 28.8 Å². The number of thiophene rings is 1. The fourth-order valence-corrected chi connectivity index (χ4v) is 4.13. The van der Waals surface area contributed by atoms with E-state index >= 15 is 0 Å². The molecule has 0 saturated heterocycles. The second-order valence-electron chi connectivity index (χ2n) is 6.69. The maximum absolute atomic E-state index is 12.6. The third kappa shape index (κ3) is 4.36. The van der Waals surface area contributed by atoms with E-state index in [2.05, 4.69) is 9.97 Å². The molecular weight excluding hydrogens is 374 g/mol. The van der Waals surface area contributed by atoms with E-state index in [1.54, 1.807) is 34.4 Å². The van der Waals surface area contributed by atoms with E-state index in [1.807, 2.05) is 32.9 Å². The lowest BCUT2D eigenvalue weighted by atomic mass is 10.1. The van der Waals surface area contributed by atoms with Crippen molar-refractivity contribution in [2.75, 3.05) is 6.54 Å². The number of aryl methyl sites for hydroxylation is 2. The zero-order valence-electron chi connectivity index (χ0n) is 16.2. The molecule has 0 radical (unpaired) electrons. The van der Waals surface area contributed by atoms with Crippen molar-refractivity contribution in [3.63, 3.8) is 0 Å².